The second-order valence-corrected chi connectivity index (χ2v) is 4.44. The van der Waals surface area contributed by atoms with Crippen molar-refractivity contribution in [2.45, 2.75) is 52.9 Å². The predicted octanol–water partition coefficient (Wildman–Crippen LogP) is 3.86. The molecule has 1 aliphatic carbocycles. The number of hydrogen-bond donors (Lipinski definition) is 0. The molecule has 0 radical (unpaired) electrons. The first-order valence-corrected chi connectivity index (χ1v) is 5.24. The zero-order valence-corrected chi connectivity index (χ0v) is 8.27. The molecule has 0 spiro atoms. The molecule has 0 aliphatic heterocycles. The van der Waals surface area contributed by atoms with Gasteiger partial charge >= 0.3 is 0 Å². The van der Waals surface area contributed by atoms with Crippen molar-refractivity contribution < 1.29 is 0 Å². The second kappa shape index (κ2) is 4.13. The quantitative estimate of drug-likeness (QED) is 0.566. The van der Waals surface area contributed by atoms with E-state index in [9.17, 15) is 0 Å². The van der Waals surface area contributed by atoms with Gasteiger partial charge in [0.1, 0.15) is 0 Å². The SMILES string of the molecule is CCC1CCC[C@H](C(C)C)C1. The predicted molar refractivity (Wildman–Crippen MR) is 50.6 cm³/mol. The Kier molecular flexibility index (Phi) is 3.42. The Balaban J connectivity index is 2.33. The van der Waals surface area contributed by atoms with E-state index in [4.69, 9.17) is 0 Å². The first-order chi connectivity index (χ1) is 5.24. The lowest BCUT2D eigenvalue weighted by Gasteiger charge is -2.30. The van der Waals surface area contributed by atoms with Crippen molar-refractivity contribution in [2.75, 3.05) is 0 Å². The molecule has 0 heterocycles. The van der Waals surface area contributed by atoms with Gasteiger partial charge in [0.25, 0.3) is 0 Å². The van der Waals surface area contributed by atoms with Gasteiger partial charge in [-0.2, -0.15) is 0 Å². The molecular weight excluding hydrogens is 132 g/mol. The Labute approximate surface area is 71.4 Å². The van der Waals surface area contributed by atoms with Crippen LogP contribution in [-0.2, 0) is 0 Å². The third kappa shape index (κ3) is 2.50. The molecule has 0 N–H and O–H groups in total. The zero-order valence-electron chi connectivity index (χ0n) is 8.27. The summed E-state index contributed by atoms with van der Waals surface area (Å²) in [6.45, 7) is 7.10. The third-order valence-corrected chi connectivity index (χ3v) is 3.34. The van der Waals surface area contributed by atoms with Crippen LogP contribution in [0.2, 0.25) is 0 Å². The van der Waals surface area contributed by atoms with Gasteiger partial charge in [0.15, 0.2) is 0 Å². The highest BCUT2D eigenvalue weighted by Gasteiger charge is 2.22. The minimum Gasteiger partial charge on any atom is -0.0651 e. The van der Waals surface area contributed by atoms with E-state index in [1.54, 1.807) is 0 Å². The van der Waals surface area contributed by atoms with Crippen LogP contribution in [0.3, 0.4) is 0 Å². The number of hydrogen-bond acceptors (Lipinski definition) is 0. The Morgan fingerprint density at radius 3 is 2.55 bits per heavy atom. The van der Waals surface area contributed by atoms with Crippen molar-refractivity contribution >= 4 is 0 Å². The first-order valence-electron chi connectivity index (χ1n) is 5.24. The summed E-state index contributed by atoms with van der Waals surface area (Å²) in [6.07, 6.45) is 7.40. The van der Waals surface area contributed by atoms with Gasteiger partial charge in [0, 0.05) is 0 Å². The van der Waals surface area contributed by atoms with Crippen LogP contribution in [0.15, 0.2) is 0 Å². The van der Waals surface area contributed by atoms with E-state index in [1.807, 2.05) is 0 Å². The highest BCUT2D eigenvalue weighted by Crippen LogP contribution is 2.34. The normalized spacial score (nSPS) is 32.7. The molecule has 0 heteroatoms. The van der Waals surface area contributed by atoms with Crippen molar-refractivity contribution in [1.29, 1.82) is 0 Å². The molecular formula is C11H22. The van der Waals surface area contributed by atoms with Crippen molar-refractivity contribution in [2.24, 2.45) is 17.8 Å². The van der Waals surface area contributed by atoms with Crippen molar-refractivity contribution in [3.05, 3.63) is 0 Å². The van der Waals surface area contributed by atoms with Gasteiger partial charge in [0.05, 0.1) is 0 Å². The molecule has 0 aromatic rings. The Morgan fingerprint density at radius 1 is 1.27 bits per heavy atom. The van der Waals surface area contributed by atoms with Crippen LogP contribution in [-0.4, -0.2) is 0 Å². The Bertz CT molecular complexity index is 105. The maximum absolute atomic E-state index is 2.38. The van der Waals surface area contributed by atoms with E-state index < -0.39 is 0 Å². The van der Waals surface area contributed by atoms with E-state index in [2.05, 4.69) is 20.8 Å². The van der Waals surface area contributed by atoms with Crippen LogP contribution in [0.4, 0.5) is 0 Å². The average molecular weight is 154 g/mol. The largest absolute Gasteiger partial charge is 0.0651 e. The third-order valence-electron chi connectivity index (χ3n) is 3.34. The Morgan fingerprint density at radius 2 is 2.00 bits per heavy atom. The zero-order chi connectivity index (χ0) is 8.27. The fraction of sp³-hybridized carbons (Fsp3) is 1.00. The highest BCUT2D eigenvalue weighted by molar-refractivity contribution is 4.74. The van der Waals surface area contributed by atoms with Crippen molar-refractivity contribution in [1.82, 2.24) is 0 Å². The summed E-state index contributed by atoms with van der Waals surface area (Å²) in [4.78, 5) is 0. The van der Waals surface area contributed by atoms with E-state index in [1.165, 1.54) is 32.1 Å². The van der Waals surface area contributed by atoms with Gasteiger partial charge in [-0.05, 0) is 24.2 Å². The summed E-state index contributed by atoms with van der Waals surface area (Å²) < 4.78 is 0. The molecule has 11 heavy (non-hydrogen) atoms. The average Bonchev–Trinajstić information content (AvgIpc) is 2.05. The monoisotopic (exact) mass is 154 g/mol. The molecule has 0 aromatic heterocycles. The van der Waals surface area contributed by atoms with E-state index in [-0.39, 0.29) is 0 Å². The molecule has 1 rings (SSSR count). The lowest BCUT2D eigenvalue weighted by Crippen LogP contribution is -2.19. The second-order valence-electron chi connectivity index (χ2n) is 4.44. The molecule has 1 fully saturated rings. The lowest BCUT2D eigenvalue weighted by atomic mass is 9.75. The maximum atomic E-state index is 2.38. The molecule has 1 aliphatic rings. The van der Waals surface area contributed by atoms with Crippen molar-refractivity contribution in [3.63, 3.8) is 0 Å². The molecule has 0 nitrogen and oxygen atoms in total. The molecule has 1 unspecified atom stereocenters. The number of rotatable bonds is 2. The summed E-state index contributed by atoms with van der Waals surface area (Å²) in [5, 5.41) is 0. The summed E-state index contributed by atoms with van der Waals surface area (Å²) >= 11 is 0. The summed E-state index contributed by atoms with van der Waals surface area (Å²) in [5.74, 6) is 3.01. The van der Waals surface area contributed by atoms with E-state index in [0.717, 1.165) is 17.8 Å². The fourth-order valence-corrected chi connectivity index (χ4v) is 2.31. The minimum atomic E-state index is 0.921. The standard InChI is InChI=1S/C11H22/c1-4-10-6-5-7-11(8-10)9(2)3/h9-11H,4-8H2,1-3H3/t10?,11-/m0/s1. The summed E-state index contributed by atoms with van der Waals surface area (Å²) in [5.41, 5.74) is 0. The molecule has 66 valence electrons. The molecule has 0 aromatic carbocycles. The van der Waals surface area contributed by atoms with Crippen LogP contribution < -0.4 is 0 Å². The molecule has 1 saturated carbocycles. The van der Waals surface area contributed by atoms with Crippen LogP contribution in [0, 0.1) is 17.8 Å². The molecule has 2 atom stereocenters. The minimum absolute atomic E-state index is 0.921. The molecule has 0 bridgehead atoms. The fourth-order valence-electron chi connectivity index (χ4n) is 2.31. The lowest BCUT2D eigenvalue weighted by molar-refractivity contribution is 0.211. The maximum Gasteiger partial charge on any atom is -0.0388 e. The van der Waals surface area contributed by atoms with Crippen molar-refractivity contribution in [3.8, 4) is 0 Å². The van der Waals surface area contributed by atoms with Gasteiger partial charge < -0.3 is 0 Å². The van der Waals surface area contributed by atoms with Gasteiger partial charge in [-0.1, -0.05) is 46.5 Å². The van der Waals surface area contributed by atoms with Crippen LogP contribution in [0.25, 0.3) is 0 Å². The van der Waals surface area contributed by atoms with Gasteiger partial charge in [0.2, 0.25) is 0 Å². The van der Waals surface area contributed by atoms with Crippen LogP contribution >= 0.6 is 0 Å². The van der Waals surface area contributed by atoms with Gasteiger partial charge in [-0.25, -0.2) is 0 Å². The summed E-state index contributed by atoms with van der Waals surface area (Å²) in [7, 11) is 0. The smallest absolute Gasteiger partial charge is 0.0388 e. The molecule has 0 saturated heterocycles. The van der Waals surface area contributed by atoms with Crippen LogP contribution in [0.1, 0.15) is 52.9 Å². The van der Waals surface area contributed by atoms with Gasteiger partial charge in [-0.3, -0.25) is 0 Å². The van der Waals surface area contributed by atoms with Gasteiger partial charge in [-0.15, -0.1) is 0 Å². The van der Waals surface area contributed by atoms with E-state index >= 15 is 0 Å². The first kappa shape index (κ1) is 9.09. The van der Waals surface area contributed by atoms with E-state index in [0.29, 0.717) is 0 Å². The van der Waals surface area contributed by atoms with Crippen LogP contribution in [0.5, 0.6) is 0 Å². The highest BCUT2D eigenvalue weighted by atomic mass is 14.3. The topological polar surface area (TPSA) is 0 Å². The Hall–Kier alpha value is 0. The molecule has 0 amide bonds. The summed E-state index contributed by atoms with van der Waals surface area (Å²) in [6, 6.07) is 0.